The van der Waals surface area contributed by atoms with Crippen molar-refractivity contribution in [2.24, 2.45) is 0 Å². The topological polar surface area (TPSA) is 74.9 Å². The van der Waals surface area contributed by atoms with Crippen LogP contribution in [0.3, 0.4) is 0 Å². The molecule has 2 N–H and O–H groups in total. The van der Waals surface area contributed by atoms with Crippen LogP contribution in [0.4, 0.5) is 0 Å². The van der Waals surface area contributed by atoms with E-state index in [1.54, 1.807) is 18.2 Å². The van der Waals surface area contributed by atoms with Crippen molar-refractivity contribution < 1.29 is 9.63 Å². The zero-order valence-corrected chi connectivity index (χ0v) is 14.7. The Labute approximate surface area is 151 Å². The van der Waals surface area contributed by atoms with Gasteiger partial charge >= 0.3 is 0 Å². The number of aromatic amines is 1. The Bertz CT molecular complexity index is 1110. The van der Waals surface area contributed by atoms with Crippen LogP contribution in [0, 0.1) is 6.42 Å². The van der Waals surface area contributed by atoms with Crippen molar-refractivity contribution in [3.8, 4) is 28.6 Å². The average molecular weight is 395 g/mol. The van der Waals surface area contributed by atoms with Gasteiger partial charge in [0.15, 0.2) is 0 Å². The molecule has 1 radical (unpaired) electrons. The van der Waals surface area contributed by atoms with Crippen molar-refractivity contribution in [3.05, 3.63) is 58.5 Å². The average Bonchev–Trinajstić information content (AvgIpc) is 3.30. The lowest BCUT2D eigenvalue weighted by Crippen LogP contribution is -1.83. The fourth-order valence-corrected chi connectivity index (χ4v) is 3.88. The van der Waals surface area contributed by atoms with Gasteiger partial charge in [-0.2, -0.15) is 4.98 Å². The van der Waals surface area contributed by atoms with Crippen molar-refractivity contribution in [1.29, 1.82) is 0 Å². The quantitative estimate of drug-likeness (QED) is 0.509. The van der Waals surface area contributed by atoms with Crippen molar-refractivity contribution in [1.82, 2.24) is 15.1 Å². The van der Waals surface area contributed by atoms with E-state index in [4.69, 9.17) is 4.52 Å². The van der Waals surface area contributed by atoms with Gasteiger partial charge in [-0.15, -0.1) is 0 Å². The summed E-state index contributed by atoms with van der Waals surface area (Å²) >= 11 is 3.42. The van der Waals surface area contributed by atoms with Gasteiger partial charge in [0.25, 0.3) is 5.89 Å². The number of halogens is 1. The number of hydrogen-bond donors (Lipinski definition) is 2. The van der Waals surface area contributed by atoms with Crippen molar-refractivity contribution in [2.45, 2.75) is 12.8 Å². The number of phenols is 1. The fraction of sp³-hybridized carbons (Fsp3) is 0.105. The van der Waals surface area contributed by atoms with Gasteiger partial charge in [-0.05, 0) is 70.7 Å². The van der Waals surface area contributed by atoms with E-state index >= 15 is 0 Å². The largest absolute Gasteiger partial charge is 0.508 e. The molecule has 2 aromatic carbocycles. The van der Waals surface area contributed by atoms with Gasteiger partial charge in [0.2, 0.25) is 5.82 Å². The molecule has 0 aliphatic heterocycles. The van der Waals surface area contributed by atoms with Gasteiger partial charge in [-0.1, -0.05) is 5.16 Å². The summed E-state index contributed by atoms with van der Waals surface area (Å²) in [6, 6.07) is 11.1. The molecule has 0 fully saturated rings. The Morgan fingerprint density at radius 3 is 2.96 bits per heavy atom. The number of nitrogens with one attached hydrogen (secondary N) is 1. The van der Waals surface area contributed by atoms with Gasteiger partial charge in [0.1, 0.15) is 5.75 Å². The predicted molar refractivity (Wildman–Crippen MR) is 98.1 cm³/mol. The van der Waals surface area contributed by atoms with Crippen molar-refractivity contribution >= 4 is 26.8 Å². The van der Waals surface area contributed by atoms with Gasteiger partial charge in [-0.25, -0.2) is 0 Å². The molecular formula is C19H13BrN3O2. The number of H-pyrrole nitrogens is 1. The molecule has 0 atom stereocenters. The van der Waals surface area contributed by atoms with Crippen LogP contribution in [-0.4, -0.2) is 20.2 Å². The number of aromatic hydroxyl groups is 1. The second kappa shape index (κ2) is 5.46. The highest BCUT2D eigenvalue weighted by Gasteiger charge is 2.19. The Hall–Kier alpha value is -2.60. The van der Waals surface area contributed by atoms with Crippen molar-refractivity contribution in [2.75, 3.05) is 0 Å². The summed E-state index contributed by atoms with van der Waals surface area (Å²) in [6.45, 7) is 0. The molecule has 1 aliphatic carbocycles. The summed E-state index contributed by atoms with van der Waals surface area (Å²) in [5.41, 5.74) is 5.39. The third-order valence-corrected chi connectivity index (χ3v) is 5.21. The molecule has 1 aliphatic rings. The summed E-state index contributed by atoms with van der Waals surface area (Å²) in [5, 5.41) is 14.9. The first-order chi connectivity index (χ1) is 12.2. The number of hydrogen-bond acceptors (Lipinski definition) is 4. The van der Waals surface area contributed by atoms with Crippen LogP contribution in [-0.2, 0) is 6.42 Å². The standard InChI is InChI=1S/C19H13BrN3O2/c20-15-9-11(24)5-6-13(15)19-22-18(23-25-19)10-4-7-17-14(8-10)12-2-1-3-16(12)21-17/h3-9,21,24H,1-2H2. The SMILES string of the molecule is Oc1ccc(-c2nc(-c3ccc4[nH]c5c(c4c3)CC[CH]5)no2)c(Br)c1. The van der Waals surface area contributed by atoms with Gasteiger partial charge < -0.3 is 14.6 Å². The summed E-state index contributed by atoms with van der Waals surface area (Å²) in [4.78, 5) is 7.97. The lowest BCUT2D eigenvalue weighted by atomic mass is 10.1. The van der Waals surface area contributed by atoms with Gasteiger partial charge in [-0.3, -0.25) is 0 Å². The number of benzene rings is 2. The fourth-order valence-electron chi connectivity index (χ4n) is 3.34. The minimum atomic E-state index is 0.180. The predicted octanol–water partition coefficient (Wildman–Crippen LogP) is 4.85. The van der Waals surface area contributed by atoms with E-state index in [1.807, 2.05) is 6.07 Å². The molecule has 0 saturated heterocycles. The molecule has 0 bridgehead atoms. The summed E-state index contributed by atoms with van der Waals surface area (Å²) in [5.74, 6) is 1.14. The number of aromatic nitrogens is 3. The number of nitrogens with zero attached hydrogens (tertiary/aromatic N) is 2. The maximum atomic E-state index is 9.52. The molecule has 123 valence electrons. The third kappa shape index (κ3) is 2.36. The van der Waals surface area contributed by atoms with E-state index in [9.17, 15) is 5.11 Å². The first-order valence-corrected chi connectivity index (χ1v) is 8.79. The van der Waals surface area contributed by atoms with Crippen LogP contribution in [0.5, 0.6) is 5.75 Å². The second-order valence-corrected chi connectivity index (χ2v) is 6.96. The Morgan fingerprint density at radius 1 is 1.16 bits per heavy atom. The first kappa shape index (κ1) is 14.7. The molecule has 0 spiro atoms. The van der Waals surface area contributed by atoms with Crippen LogP contribution in [0.1, 0.15) is 17.7 Å². The molecule has 4 aromatic rings. The number of phenolic OH excluding ortho intramolecular Hbond substituents is 1. The molecule has 0 amide bonds. The Morgan fingerprint density at radius 2 is 2.08 bits per heavy atom. The minimum Gasteiger partial charge on any atom is -0.508 e. The molecule has 2 aromatic heterocycles. The smallest absolute Gasteiger partial charge is 0.259 e. The molecule has 0 unspecified atom stereocenters. The third-order valence-electron chi connectivity index (χ3n) is 4.55. The van der Waals surface area contributed by atoms with E-state index in [2.05, 4.69) is 49.6 Å². The Kier molecular flexibility index (Phi) is 3.21. The van der Waals surface area contributed by atoms with Crippen LogP contribution < -0.4 is 0 Å². The van der Waals surface area contributed by atoms with Gasteiger partial charge in [0.05, 0.1) is 5.56 Å². The zero-order chi connectivity index (χ0) is 17.0. The Balaban J connectivity index is 1.58. The van der Waals surface area contributed by atoms with Gasteiger partial charge in [0, 0.05) is 33.1 Å². The lowest BCUT2D eigenvalue weighted by molar-refractivity contribution is 0.432. The van der Waals surface area contributed by atoms with Crippen LogP contribution in [0.15, 0.2) is 45.4 Å². The summed E-state index contributed by atoms with van der Waals surface area (Å²) in [6.07, 6.45) is 4.39. The summed E-state index contributed by atoms with van der Waals surface area (Å²) < 4.78 is 6.13. The maximum absolute atomic E-state index is 9.52. The van der Waals surface area contributed by atoms with E-state index in [0.29, 0.717) is 16.2 Å². The zero-order valence-electron chi connectivity index (χ0n) is 13.1. The van der Waals surface area contributed by atoms with Crippen LogP contribution >= 0.6 is 15.9 Å². The van der Waals surface area contributed by atoms with Crippen molar-refractivity contribution in [3.63, 3.8) is 0 Å². The molecular weight excluding hydrogens is 382 g/mol. The number of rotatable bonds is 2. The molecule has 0 saturated carbocycles. The molecule has 25 heavy (non-hydrogen) atoms. The highest BCUT2D eigenvalue weighted by Crippen LogP contribution is 2.34. The normalized spacial score (nSPS) is 13.5. The minimum absolute atomic E-state index is 0.180. The number of fused-ring (bicyclic) bond motifs is 3. The van der Waals surface area contributed by atoms with E-state index in [0.717, 1.165) is 29.5 Å². The highest BCUT2D eigenvalue weighted by molar-refractivity contribution is 9.10. The molecule has 2 heterocycles. The van der Waals surface area contributed by atoms with E-state index < -0.39 is 0 Å². The second-order valence-electron chi connectivity index (χ2n) is 6.11. The first-order valence-electron chi connectivity index (χ1n) is 8.00. The highest BCUT2D eigenvalue weighted by atomic mass is 79.9. The monoisotopic (exact) mass is 394 g/mol. The molecule has 5 nitrogen and oxygen atoms in total. The van der Waals surface area contributed by atoms with E-state index in [-0.39, 0.29) is 5.75 Å². The lowest BCUT2D eigenvalue weighted by Gasteiger charge is -1.99. The van der Waals surface area contributed by atoms with Crippen LogP contribution in [0.25, 0.3) is 33.7 Å². The summed E-state index contributed by atoms with van der Waals surface area (Å²) in [7, 11) is 0. The van der Waals surface area contributed by atoms with E-state index in [1.165, 1.54) is 16.6 Å². The molecule has 6 heteroatoms. The maximum Gasteiger partial charge on any atom is 0.259 e. The number of aryl methyl sites for hydroxylation is 1. The molecule has 5 rings (SSSR count). The van der Waals surface area contributed by atoms with Crippen LogP contribution in [0.2, 0.25) is 0 Å².